The van der Waals surface area contributed by atoms with Crippen molar-refractivity contribution in [2.45, 2.75) is 33.6 Å². The van der Waals surface area contributed by atoms with Crippen LogP contribution in [0.25, 0.3) is 0 Å². The van der Waals surface area contributed by atoms with Crippen molar-refractivity contribution in [2.24, 2.45) is 0 Å². The van der Waals surface area contributed by atoms with E-state index >= 15 is 0 Å². The molecular formula is C14H20O5. The Morgan fingerprint density at radius 1 is 1.05 bits per heavy atom. The third-order valence-corrected chi connectivity index (χ3v) is 2.13. The quantitative estimate of drug-likeness (QED) is 0.221. The minimum Gasteiger partial charge on any atom is -0.459 e. The smallest absolute Gasteiger partial charge is 0.341 e. The van der Waals surface area contributed by atoms with Crippen LogP contribution in [-0.4, -0.2) is 30.9 Å². The van der Waals surface area contributed by atoms with Gasteiger partial charge in [0.1, 0.15) is 13.2 Å². The zero-order valence-electron chi connectivity index (χ0n) is 11.7. The zero-order valence-corrected chi connectivity index (χ0v) is 11.7. The van der Waals surface area contributed by atoms with Gasteiger partial charge in [-0.15, -0.1) is 0 Å². The molecule has 0 atom stereocenters. The van der Waals surface area contributed by atoms with Crippen LogP contribution >= 0.6 is 0 Å². The highest BCUT2D eigenvalue weighted by Gasteiger charge is 2.15. The Balaban J connectivity index is 4.18. The number of esters is 2. The predicted octanol–water partition coefficient (Wildman–Crippen LogP) is 1.96. The molecule has 0 unspecified atom stereocenters. The van der Waals surface area contributed by atoms with E-state index in [9.17, 15) is 14.4 Å². The fourth-order valence-corrected chi connectivity index (χ4v) is 1.13. The van der Waals surface area contributed by atoms with E-state index < -0.39 is 11.9 Å². The van der Waals surface area contributed by atoms with Crippen LogP contribution in [0.2, 0.25) is 0 Å². The van der Waals surface area contributed by atoms with Crippen molar-refractivity contribution in [1.29, 1.82) is 0 Å². The van der Waals surface area contributed by atoms with Crippen molar-refractivity contribution in [3.8, 4) is 0 Å². The second-order valence-corrected chi connectivity index (χ2v) is 4.01. The Hall–Kier alpha value is -1.91. The number of allylic oxidation sites excluding steroid dienone is 1. The largest absolute Gasteiger partial charge is 0.459 e. The Bertz CT molecular complexity index is 393. The highest BCUT2D eigenvalue weighted by Crippen LogP contribution is 2.04. The molecule has 0 bridgehead atoms. The number of rotatable bonds is 8. The standard InChI is InChI=1S/C14H20O5/c1-5-6-7-12(11(4)15)14(17)19-9-8-18-13(16)10(2)3/h7H,2,5-6,8-9H2,1,3-4H3/b12-7+. The first-order valence-electron chi connectivity index (χ1n) is 6.11. The van der Waals surface area contributed by atoms with E-state index in [1.54, 1.807) is 6.08 Å². The van der Waals surface area contributed by atoms with Crippen molar-refractivity contribution >= 4 is 17.7 Å². The summed E-state index contributed by atoms with van der Waals surface area (Å²) in [5.41, 5.74) is 0.312. The highest BCUT2D eigenvalue weighted by atomic mass is 16.6. The van der Waals surface area contributed by atoms with Crippen molar-refractivity contribution in [1.82, 2.24) is 0 Å². The molecule has 0 amide bonds. The normalized spacial score (nSPS) is 10.8. The van der Waals surface area contributed by atoms with Crippen molar-refractivity contribution < 1.29 is 23.9 Å². The second-order valence-electron chi connectivity index (χ2n) is 4.01. The molecule has 0 heterocycles. The summed E-state index contributed by atoms with van der Waals surface area (Å²) in [6, 6.07) is 0. The van der Waals surface area contributed by atoms with Crippen molar-refractivity contribution in [3.63, 3.8) is 0 Å². The van der Waals surface area contributed by atoms with Crippen LogP contribution in [0.1, 0.15) is 33.6 Å². The highest BCUT2D eigenvalue weighted by molar-refractivity contribution is 6.16. The molecule has 0 fully saturated rings. The van der Waals surface area contributed by atoms with Crippen LogP contribution in [0, 0.1) is 0 Å². The van der Waals surface area contributed by atoms with Gasteiger partial charge in [0.15, 0.2) is 5.78 Å². The van der Waals surface area contributed by atoms with Crippen LogP contribution in [0.4, 0.5) is 0 Å². The van der Waals surface area contributed by atoms with Gasteiger partial charge in [0.05, 0.1) is 5.57 Å². The third-order valence-electron chi connectivity index (χ3n) is 2.13. The fourth-order valence-electron chi connectivity index (χ4n) is 1.13. The van der Waals surface area contributed by atoms with Gasteiger partial charge in [0, 0.05) is 5.57 Å². The number of unbranched alkanes of at least 4 members (excludes halogenated alkanes) is 1. The molecule has 5 nitrogen and oxygen atoms in total. The Morgan fingerprint density at radius 2 is 1.58 bits per heavy atom. The van der Waals surface area contributed by atoms with Gasteiger partial charge >= 0.3 is 11.9 Å². The summed E-state index contributed by atoms with van der Waals surface area (Å²) in [6.45, 7) is 8.04. The first-order valence-corrected chi connectivity index (χ1v) is 6.11. The average molecular weight is 268 g/mol. The van der Waals surface area contributed by atoms with E-state index in [2.05, 4.69) is 6.58 Å². The monoisotopic (exact) mass is 268 g/mol. The van der Waals surface area contributed by atoms with E-state index in [1.807, 2.05) is 6.92 Å². The minimum atomic E-state index is -0.688. The summed E-state index contributed by atoms with van der Waals surface area (Å²) in [5, 5.41) is 0. The summed E-state index contributed by atoms with van der Waals surface area (Å²) >= 11 is 0. The molecule has 0 aliphatic rings. The van der Waals surface area contributed by atoms with Gasteiger partial charge in [0.2, 0.25) is 0 Å². The maximum Gasteiger partial charge on any atom is 0.341 e. The van der Waals surface area contributed by atoms with Crippen LogP contribution in [0.3, 0.4) is 0 Å². The second kappa shape index (κ2) is 9.08. The Morgan fingerprint density at radius 3 is 2.00 bits per heavy atom. The van der Waals surface area contributed by atoms with E-state index in [-0.39, 0.29) is 30.1 Å². The lowest BCUT2D eigenvalue weighted by atomic mass is 10.1. The molecule has 0 aromatic heterocycles. The number of ether oxygens (including phenoxy) is 2. The molecule has 0 rings (SSSR count). The molecule has 0 saturated heterocycles. The van der Waals surface area contributed by atoms with E-state index in [1.165, 1.54) is 13.8 Å². The number of hydrogen-bond acceptors (Lipinski definition) is 5. The number of hydrogen-bond donors (Lipinski definition) is 0. The van der Waals surface area contributed by atoms with Gasteiger partial charge < -0.3 is 9.47 Å². The lowest BCUT2D eigenvalue weighted by molar-refractivity contribution is -0.148. The number of Topliss-reactive ketones (excluding diaryl/α,β-unsaturated/α-hetero) is 1. The van der Waals surface area contributed by atoms with Crippen LogP contribution in [0.5, 0.6) is 0 Å². The molecule has 0 aromatic rings. The summed E-state index contributed by atoms with van der Waals surface area (Å²) in [4.78, 5) is 33.9. The molecule has 5 heteroatoms. The number of ketones is 1. The molecule has 0 N–H and O–H groups in total. The zero-order chi connectivity index (χ0) is 14.8. The predicted molar refractivity (Wildman–Crippen MR) is 70.4 cm³/mol. The van der Waals surface area contributed by atoms with Gasteiger partial charge in [0.25, 0.3) is 0 Å². The van der Waals surface area contributed by atoms with Crippen molar-refractivity contribution in [3.05, 3.63) is 23.8 Å². The van der Waals surface area contributed by atoms with Gasteiger partial charge in [-0.1, -0.05) is 26.0 Å². The first kappa shape index (κ1) is 17.1. The van der Waals surface area contributed by atoms with Crippen LogP contribution < -0.4 is 0 Å². The van der Waals surface area contributed by atoms with Crippen LogP contribution in [-0.2, 0) is 23.9 Å². The number of carbonyl (C=O) groups is 3. The number of carbonyl (C=O) groups excluding carboxylic acids is 3. The summed E-state index contributed by atoms with van der Waals surface area (Å²) < 4.78 is 9.61. The molecule has 0 radical (unpaired) electrons. The summed E-state index contributed by atoms with van der Waals surface area (Å²) in [5.74, 6) is -1.56. The fraction of sp³-hybridized carbons (Fsp3) is 0.500. The molecule has 0 saturated carbocycles. The average Bonchev–Trinajstić information content (AvgIpc) is 2.34. The molecule has 19 heavy (non-hydrogen) atoms. The van der Waals surface area contributed by atoms with E-state index in [0.29, 0.717) is 6.42 Å². The molecule has 0 spiro atoms. The third kappa shape index (κ3) is 7.18. The van der Waals surface area contributed by atoms with Gasteiger partial charge in [-0.05, 0) is 20.3 Å². The lowest BCUT2D eigenvalue weighted by Gasteiger charge is -2.07. The topological polar surface area (TPSA) is 69.7 Å². The van der Waals surface area contributed by atoms with Gasteiger partial charge in [-0.2, -0.15) is 0 Å². The maximum atomic E-state index is 11.6. The van der Waals surface area contributed by atoms with E-state index in [0.717, 1.165) is 6.42 Å². The Kier molecular flexibility index (Phi) is 8.17. The molecule has 0 aliphatic heterocycles. The molecule has 0 aromatic carbocycles. The van der Waals surface area contributed by atoms with Crippen LogP contribution in [0.15, 0.2) is 23.8 Å². The Labute approximate surface area is 113 Å². The summed E-state index contributed by atoms with van der Waals surface area (Å²) in [7, 11) is 0. The molecular weight excluding hydrogens is 248 g/mol. The summed E-state index contributed by atoms with van der Waals surface area (Å²) in [6.07, 6.45) is 3.03. The lowest BCUT2D eigenvalue weighted by Crippen LogP contribution is -2.18. The van der Waals surface area contributed by atoms with Gasteiger partial charge in [-0.3, -0.25) is 4.79 Å². The first-order chi connectivity index (χ1) is 8.90. The molecule has 0 aliphatic carbocycles. The minimum absolute atomic E-state index is 0.0353. The SMILES string of the molecule is C=C(C)C(=O)OCCOC(=O)/C(=C/CCC)C(C)=O. The van der Waals surface area contributed by atoms with Gasteiger partial charge in [-0.25, -0.2) is 9.59 Å². The maximum absolute atomic E-state index is 11.6. The molecule has 106 valence electrons. The van der Waals surface area contributed by atoms with Crippen molar-refractivity contribution in [2.75, 3.05) is 13.2 Å². The van der Waals surface area contributed by atoms with E-state index in [4.69, 9.17) is 9.47 Å².